The molecule has 1 saturated heterocycles. The number of esters is 8. The van der Waals surface area contributed by atoms with Crippen LogP contribution >= 0.6 is 81.2 Å². The molecule has 1 aliphatic rings. The molecule has 28 heteroatoms. The molecule has 0 atom stereocenters. The number of rotatable bonds is 0. The van der Waals surface area contributed by atoms with Gasteiger partial charge in [-0.1, -0.05) is 0 Å². The van der Waals surface area contributed by atoms with E-state index in [1.807, 2.05) is 0 Å². The molecule has 1 fully saturated rings. The molecule has 1 heterocycles. The van der Waals surface area contributed by atoms with Gasteiger partial charge in [-0.25, -0.2) is 38.4 Å². The first kappa shape index (κ1) is 51.0. The summed E-state index contributed by atoms with van der Waals surface area (Å²) in [6, 6.07) is 0. The van der Waals surface area contributed by atoms with Crippen LogP contribution in [0.2, 0.25) is 0 Å². The van der Waals surface area contributed by atoms with Crippen molar-refractivity contribution < 1.29 is 128 Å². The van der Waals surface area contributed by atoms with Crippen molar-refractivity contribution in [3.8, 4) is 0 Å². The number of carbonyl (C=O) groups is 8. The third-order valence-electron chi connectivity index (χ3n) is 2.87. The van der Waals surface area contributed by atoms with E-state index in [4.69, 9.17) is 81.2 Å². The van der Waals surface area contributed by atoms with Gasteiger partial charge in [0.2, 0.25) is 0 Å². The van der Waals surface area contributed by atoms with Crippen LogP contribution < -0.4 is 0 Å². The van der Waals surface area contributed by atoms with Gasteiger partial charge >= 0.3 is 180 Å². The molecule has 1 aliphatic heterocycles. The van der Waals surface area contributed by atoms with E-state index >= 15 is 0 Å². The maximum atomic E-state index is 11.3. The van der Waals surface area contributed by atoms with E-state index in [1.54, 1.807) is 0 Å². The Balaban J connectivity index is -0.000000572. The van der Waals surface area contributed by atoms with Gasteiger partial charge in [0, 0.05) is 0 Å². The summed E-state index contributed by atoms with van der Waals surface area (Å²) in [5.74, 6) is -11.8. The summed E-state index contributed by atoms with van der Waals surface area (Å²) in [6.45, 7) is -4.94. The van der Waals surface area contributed by atoms with Crippen molar-refractivity contribution in [3.05, 3.63) is 0 Å². The second-order valence-corrected chi connectivity index (χ2v) is 12.2. The molecule has 0 N–H and O–H groups in total. The average molecular weight is 984 g/mol. The van der Waals surface area contributed by atoms with E-state index in [0.717, 1.165) is 0 Å². The normalized spacial score (nSPS) is 16.2. The summed E-state index contributed by atoms with van der Waals surface area (Å²) < 4.78 is 35.3. The summed E-state index contributed by atoms with van der Waals surface area (Å²) >= 11 is 1.53. The molecule has 0 radical (unpaired) electrons. The number of hydrogen-bond acceptors (Lipinski definition) is 16. The summed E-state index contributed by atoms with van der Waals surface area (Å²) in [4.78, 5) is 90.8. The Morgan fingerprint density at radius 1 is 0.273 bits per heavy atom. The second kappa shape index (κ2) is 39.3. The quantitative estimate of drug-likeness (QED) is 0.193. The van der Waals surface area contributed by atoms with Crippen molar-refractivity contribution in [1.82, 2.24) is 0 Å². The minimum absolute atomic E-state index is 0.382. The molecule has 0 unspecified atom stereocenters. The number of hydrogen-bond donors (Lipinski definition) is 0. The minimum atomic E-state index is -1.47. The van der Waals surface area contributed by atoms with Crippen molar-refractivity contribution in [2.45, 2.75) is 0 Å². The molecule has 1 rings (SSSR count). The van der Waals surface area contributed by atoms with Crippen LogP contribution in [0.1, 0.15) is 0 Å². The third kappa shape index (κ3) is 36.6. The van der Waals surface area contributed by atoms with Crippen LogP contribution in [0.5, 0.6) is 0 Å². The number of halogens is 8. The molecule has 0 aromatic rings. The molecular weight excluding hydrogens is 968 g/mol. The second-order valence-electron chi connectivity index (χ2n) is 5.28. The predicted molar refractivity (Wildman–Crippen MR) is 134 cm³/mol. The Bertz CT molecular complexity index is 676. The van der Waals surface area contributed by atoms with Gasteiger partial charge in [-0.05, 0) is 0 Å². The van der Waals surface area contributed by atoms with Crippen LogP contribution in [0.15, 0.2) is 0 Å². The van der Waals surface area contributed by atoms with Crippen LogP contribution in [0.3, 0.4) is 0 Å². The van der Waals surface area contributed by atoms with E-state index in [9.17, 15) is 38.4 Å². The van der Waals surface area contributed by atoms with Gasteiger partial charge in [0.25, 0.3) is 0 Å². The van der Waals surface area contributed by atoms with Gasteiger partial charge in [0.1, 0.15) is 52.9 Å². The topological polar surface area (TPSA) is 210 Å². The van der Waals surface area contributed by atoms with Gasteiger partial charge in [-0.2, -0.15) is 0 Å². The third-order valence-corrected chi connectivity index (χ3v) is 2.87. The summed E-state index contributed by atoms with van der Waals surface area (Å²) in [7, 11) is 37.9. The Kier molecular flexibility index (Phi) is 45.5. The molecule has 268 valence electrons. The van der Waals surface area contributed by atoms with E-state index < -0.39 is 101 Å². The zero-order valence-electron chi connectivity index (χ0n) is 20.5. The molecular formula is C16H16Cl8Co4O16. The first-order chi connectivity index (χ1) is 20.9. The molecule has 0 aromatic heterocycles. The van der Waals surface area contributed by atoms with Gasteiger partial charge < -0.3 is 37.9 Å². The zero-order chi connectivity index (χ0) is 34.8. The van der Waals surface area contributed by atoms with E-state index in [2.05, 4.69) is 37.9 Å². The molecule has 0 bridgehead atoms. The molecule has 0 saturated carbocycles. The monoisotopic (exact) mass is 980 g/mol. The SMILES string of the molecule is O=C1OCCOC(=O)C(=O)OCCOC(=O)C(=O)OCCOC(=O)C(=O)OCCOC1=O.[Cl][Co][Cl].[Cl][Co][Cl].[Cl][Co][Cl].[Cl][Co][Cl]. The molecule has 0 aromatic carbocycles. The van der Waals surface area contributed by atoms with Gasteiger partial charge in [0.05, 0.1) is 0 Å². The molecule has 0 amide bonds. The van der Waals surface area contributed by atoms with Crippen molar-refractivity contribution in [2.24, 2.45) is 0 Å². The van der Waals surface area contributed by atoms with Crippen molar-refractivity contribution in [2.75, 3.05) is 52.9 Å². The number of ether oxygens (including phenoxy) is 8. The molecule has 0 spiro atoms. The summed E-state index contributed by atoms with van der Waals surface area (Å²) in [6.07, 6.45) is 0. The molecule has 0 aliphatic carbocycles. The van der Waals surface area contributed by atoms with Crippen LogP contribution in [-0.2, 0) is 128 Å². The fraction of sp³-hybridized carbons (Fsp3) is 0.500. The standard InChI is InChI=1S/C16H16O16.8ClH.4Co/c17-9-10(18)27-3-4-29-13(21)14(22)31-7-8-32-16(24)15(23)30-6-5-28-12(20)11(19)26-2-1-25-9;;;;;;;;;;;;/h1-8H2;8*1H;;;;/q;;;;;;;;;4*+2/p-8. The maximum absolute atomic E-state index is 11.3. The number of carbonyl (C=O) groups excluding carboxylic acids is 8. The van der Waals surface area contributed by atoms with Crippen LogP contribution in [0.25, 0.3) is 0 Å². The van der Waals surface area contributed by atoms with Gasteiger partial charge in [-0.15, -0.1) is 0 Å². The van der Waals surface area contributed by atoms with Crippen LogP contribution in [-0.4, -0.2) is 101 Å². The van der Waals surface area contributed by atoms with Crippen LogP contribution in [0, 0.1) is 0 Å². The van der Waals surface area contributed by atoms with E-state index in [0.29, 0.717) is 51.6 Å². The molecule has 16 nitrogen and oxygen atoms in total. The van der Waals surface area contributed by atoms with Gasteiger partial charge in [0.15, 0.2) is 0 Å². The predicted octanol–water partition coefficient (Wildman–Crippen LogP) is 1.85. The fourth-order valence-electron chi connectivity index (χ4n) is 1.55. The average Bonchev–Trinajstić information content (AvgIpc) is 2.98. The van der Waals surface area contributed by atoms with E-state index in [-0.39, 0.29) is 0 Å². The fourth-order valence-corrected chi connectivity index (χ4v) is 1.55. The first-order valence-electron chi connectivity index (χ1n) is 9.58. The van der Waals surface area contributed by atoms with E-state index in [1.165, 1.54) is 0 Å². The Morgan fingerprint density at radius 3 is 0.409 bits per heavy atom. The summed E-state index contributed by atoms with van der Waals surface area (Å²) in [5.41, 5.74) is 0. The van der Waals surface area contributed by atoms with Crippen molar-refractivity contribution in [1.29, 1.82) is 0 Å². The van der Waals surface area contributed by atoms with Crippen molar-refractivity contribution in [3.63, 3.8) is 0 Å². The summed E-state index contributed by atoms with van der Waals surface area (Å²) in [5, 5.41) is 0. The van der Waals surface area contributed by atoms with Gasteiger partial charge in [-0.3, -0.25) is 0 Å². The van der Waals surface area contributed by atoms with Crippen LogP contribution in [0.4, 0.5) is 0 Å². The number of cyclic esters (lactones) is 8. The Hall–Kier alpha value is 0.106. The Morgan fingerprint density at radius 2 is 0.341 bits per heavy atom. The molecule has 44 heavy (non-hydrogen) atoms. The van der Waals surface area contributed by atoms with Crippen molar-refractivity contribution >= 4 is 129 Å². The Labute approximate surface area is 306 Å². The first-order valence-corrected chi connectivity index (χ1v) is 21.0. The zero-order valence-corrected chi connectivity index (χ0v) is 30.8.